The molecule has 0 N–H and O–H groups in total. The summed E-state index contributed by atoms with van der Waals surface area (Å²) in [4.78, 5) is 0. The lowest BCUT2D eigenvalue weighted by Crippen LogP contribution is -2.58. The summed E-state index contributed by atoms with van der Waals surface area (Å²) in [6.07, 6.45) is 0.349. The van der Waals surface area contributed by atoms with Crippen molar-refractivity contribution in [3.05, 3.63) is 207 Å². The Morgan fingerprint density at radius 2 is 1.11 bits per heavy atom. The molecule has 2 aliphatic heterocycles. The first-order valence-electron chi connectivity index (χ1n) is 19.9. The Hall–Kier alpha value is -4.60. The number of benzene rings is 6. The molecule has 5 atom stereocenters. The van der Waals surface area contributed by atoms with E-state index in [9.17, 15) is 0 Å². The first-order valence-corrected chi connectivity index (χ1v) is 20.7. The highest BCUT2D eigenvalue weighted by Crippen LogP contribution is 2.40. The van der Waals surface area contributed by atoms with Crippen LogP contribution in [0.2, 0.25) is 0 Å². The lowest BCUT2D eigenvalue weighted by molar-refractivity contribution is -0.275. The molecular weight excluding hydrogens is 776 g/mol. The molecule has 0 aliphatic carbocycles. The summed E-state index contributed by atoms with van der Waals surface area (Å²) in [6.45, 7) is 2.70. The van der Waals surface area contributed by atoms with Crippen molar-refractivity contribution >= 4 is 15.9 Å². The summed E-state index contributed by atoms with van der Waals surface area (Å²) in [7, 11) is 0. The smallest absolute Gasteiger partial charge is 0.122 e. The molecule has 6 aromatic carbocycles. The Kier molecular flexibility index (Phi) is 13.6. The molecule has 0 aromatic heterocycles. The zero-order valence-electron chi connectivity index (χ0n) is 32.1. The predicted molar refractivity (Wildman–Crippen MR) is 226 cm³/mol. The second kappa shape index (κ2) is 19.7. The molecule has 1 fully saturated rings. The van der Waals surface area contributed by atoms with Crippen LogP contribution in [-0.4, -0.2) is 37.6 Å². The number of hydrogen-bond acceptors (Lipinski definition) is 6. The number of ether oxygens (including phenoxy) is 6. The predicted octanol–water partition coefficient (Wildman–Crippen LogP) is 10.8. The number of aryl methyl sites for hydroxylation is 1. The molecule has 0 saturated carbocycles. The molecule has 0 amide bonds. The van der Waals surface area contributed by atoms with E-state index in [1.165, 1.54) is 11.1 Å². The molecule has 0 bridgehead atoms. The van der Waals surface area contributed by atoms with Gasteiger partial charge in [0.05, 0.1) is 39.6 Å². The van der Waals surface area contributed by atoms with E-state index < -0.39 is 30.5 Å². The zero-order chi connectivity index (χ0) is 38.7. The molecule has 2 aliphatic rings. The van der Waals surface area contributed by atoms with Crippen LogP contribution in [0.3, 0.4) is 0 Å². The largest absolute Gasteiger partial charge is 0.493 e. The maximum absolute atomic E-state index is 7.23. The first kappa shape index (κ1) is 39.2. The Morgan fingerprint density at radius 3 is 1.72 bits per heavy atom. The van der Waals surface area contributed by atoms with Crippen molar-refractivity contribution in [2.24, 2.45) is 0 Å². The van der Waals surface area contributed by atoms with Crippen LogP contribution in [0.4, 0.5) is 0 Å². The average Bonchev–Trinajstić information content (AvgIpc) is 3.26. The lowest BCUT2D eigenvalue weighted by atomic mass is 9.89. The van der Waals surface area contributed by atoms with Crippen LogP contribution in [0.5, 0.6) is 5.75 Å². The highest BCUT2D eigenvalue weighted by molar-refractivity contribution is 9.10. The minimum Gasteiger partial charge on any atom is -0.493 e. The molecule has 1 saturated heterocycles. The van der Waals surface area contributed by atoms with Gasteiger partial charge in [0.15, 0.2) is 0 Å². The van der Waals surface area contributed by atoms with E-state index in [1.54, 1.807) is 0 Å². The van der Waals surface area contributed by atoms with Gasteiger partial charge in [-0.1, -0.05) is 162 Å². The maximum atomic E-state index is 7.23. The summed E-state index contributed by atoms with van der Waals surface area (Å²) in [5.74, 6) is 0.998. The third-order valence-corrected chi connectivity index (χ3v) is 11.4. The Bertz CT molecular complexity index is 2130. The van der Waals surface area contributed by atoms with E-state index in [-0.39, 0.29) is 0 Å². The van der Waals surface area contributed by atoms with Crippen molar-refractivity contribution in [3.63, 3.8) is 0 Å². The summed E-state index contributed by atoms with van der Waals surface area (Å²) < 4.78 is 41.5. The van der Waals surface area contributed by atoms with E-state index in [0.29, 0.717) is 33.0 Å². The minimum absolute atomic E-state index is 0.308. The molecule has 7 heteroatoms. The van der Waals surface area contributed by atoms with Gasteiger partial charge in [-0.15, -0.1) is 0 Å². The molecular formula is C50H49BrO6. The zero-order valence-corrected chi connectivity index (χ0v) is 33.7. The van der Waals surface area contributed by atoms with Gasteiger partial charge in [-0.25, -0.2) is 0 Å². The van der Waals surface area contributed by atoms with Crippen molar-refractivity contribution in [2.45, 2.75) is 76.2 Å². The van der Waals surface area contributed by atoms with Gasteiger partial charge < -0.3 is 28.4 Å². The van der Waals surface area contributed by atoms with Gasteiger partial charge in [0, 0.05) is 4.47 Å². The minimum atomic E-state index is -0.519. The second-order valence-electron chi connectivity index (χ2n) is 14.8. The monoisotopic (exact) mass is 824 g/mol. The lowest BCUT2D eigenvalue weighted by Gasteiger charge is -2.46. The van der Waals surface area contributed by atoms with Crippen LogP contribution in [-0.2, 0) is 63.0 Å². The number of halogens is 1. The third kappa shape index (κ3) is 10.5. The van der Waals surface area contributed by atoms with Crippen molar-refractivity contribution in [1.29, 1.82) is 0 Å². The van der Waals surface area contributed by atoms with Crippen LogP contribution < -0.4 is 4.74 Å². The molecule has 292 valence electrons. The van der Waals surface area contributed by atoms with Gasteiger partial charge in [-0.2, -0.15) is 0 Å². The quantitative estimate of drug-likeness (QED) is 0.0969. The van der Waals surface area contributed by atoms with E-state index in [4.69, 9.17) is 28.4 Å². The van der Waals surface area contributed by atoms with E-state index in [1.807, 2.05) is 72.8 Å². The number of rotatable bonds is 16. The van der Waals surface area contributed by atoms with Crippen LogP contribution in [0, 0.1) is 0 Å². The molecule has 8 rings (SSSR count). The summed E-state index contributed by atoms with van der Waals surface area (Å²) >= 11 is 3.88. The van der Waals surface area contributed by atoms with Crippen molar-refractivity contribution in [1.82, 2.24) is 0 Å². The summed E-state index contributed by atoms with van der Waals surface area (Å²) in [5, 5.41) is 0. The van der Waals surface area contributed by atoms with Gasteiger partial charge in [0.25, 0.3) is 0 Å². The topological polar surface area (TPSA) is 55.4 Å². The summed E-state index contributed by atoms with van der Waals surface area (Å²) in [6, 6.07) is 54.1. The molecule has 5 unspecified atom stereocenters. The molecule has 0 radical (unpaired) electrons. The van der Waals surface area contributed by atoms with Crippen LogP contribution in [0.25, 0.3) is 0 Å². The number of fused-ring (bicyclic) bond motifs is 1. The Balaban J connectivity index is 1.15. The fourth-order valence-electron chi connectivity index (χ4n) is 7.71. The molecule has 57 heavy (non-hydrogen) atoms. The van der Waals surface area contributed by atoms with E-state index >= 15 is 0 Å². The van der Waals surface area contributed by atoms with E-state index in [2.05, 4.69) is 101 Å². The van der Waals surface area contributed by atoms with Crippen molar-refractivity contribution in [3.8, 4) is 5.75 Å². The first-order chi connectivity index (χ1) is 28.2. The SMILES string of the molecule is Brc1ccc(C2OC(COCc3ccccc3)C(OCc3ccccc3)C(OCc3ccccc3)C2OCc2ccccc2)cc1Cc1ccc2c(c1)CCCO2. The highest BCUT2D eigenvalue weighted by atomic mass is 79.9. The normalized spacial score (nSPS) is 20.4. The van der Waals surface area contributed by atoms with Gasteiger partial charge in [-0.3, -0.25) is 0 Å². The maximum Gasteiger partial charge on any atom is 0.122 e. The Labute approximate surface area is 344 Å². The van der Waals surface area contributed by atoms with Crippen LogP contribution in [0.15, 0.2) is 162 Å². The van der Waals surface area contributed by atoms with Gasteiger partial charge in [-0.05, 0) is 75.9 Å². The van der Waals surface area contributed by atoms with E-state index in [0.717, 1.165) is 69.5 Å². The summed E-state index contributed by atoms with van der Waals surface area (Å²) in [5.41, 5.74) is 8.99. The average molecular weight is 826 g/mol. The Morgan fingerprint density at radius 1 is 0.544 bits per heavy atom. The molecule has 2 heterocycles. The number of hydrogen-bond donors (Lipinski definition) is 0. The second-order valence-corrected chi connectivity index (χ2v) is 15.7. The van der Waals surface area contributed by atoms with Crippen LogP contribution in [0.1, 0.15) is 57.0 Å². The highest BCUT2D eigenvalue weighted by Gasteiger charge is 2.49. The molecule has 6 aromatic rings. The fraction of sp³-hybridized carbons (Fsp3) is 0.280. The van der Waals surface area contributed by atoms with Gasteiger partial charge in [0.1, 0.15) is 36.3 Å². The fourth-order valence-corrected chi connectivity index (χ4v) is 8.10. The van der Waals surface area contributed by atoms with Crippen molar-refractivity contribution in [2.75, 3.05) is 13.2 Å². The van der Waals surface area contributed by atoms with Crippen LogP contribution >= 0.6 is 15.9 Å². The third-order valence-electron chi connectivity index (χ3n) is 10.6. The van der Waals surface area contributed by atoms with Gasteiger partial charge in [0.2, 0.25) is 0 Å². The molecule has 6 nitrogen and oxygen atoms in total. The van der Waals surface area contributed by atoms with Crippen molar-refractivity contribution < 1.29 is 28.4 Å². The standard InChI is InChI=1S/C50H49BrO6/c51-44-25-24-42(30-43(44)29-40-23-26-45-41(28-40)22-13-27-53-45)47-49(55-33-38-18-9-3-10-19-38)50(56-34-39-20-11-4-12-21-39)48(54-32-37-16-7-2-8-17-37)46(57-47)35-52-31-36-14-5-1-6-15-36/h1-12,14-21,23-26,28,30,46-50H,13,22,27,29,31-35H2. The molecule has 0 spiro atoms. The van der Waals surface area contributed by atoms with Gasteiger partial charge >= 0.3 is 0 Å².